The summed E-state index contributed by atoms with van der Waals surface area (Å²) in [6.45, 7) is 9.29. The molecule has 1 aliphatic heterocycles. The van der Waals surface area contributed by atoms with E-state index in [9.17, 15) is 19.2 Å². The van der Waals surface area contributed by atoms with Crippen LogP contribution in [0.1, 0.15) is 62.9 Å². The minimum absolute atomic E-state index is 0.0925. The van der Waals surface area contributed by atoms with Crippen molar-refractivity contribution >= 4 is 29.6 Å². The molecule has 12 nitrogen and oxygen atoms in total. The number of imidazole rings is 1. The largest absolute Gasteiger partial charge is 0.444 e. The predicted octanol–water partition coefficient (Wildman–Crippen LogP) is 5.00. The molecule has 2 heterocycles. The van der Waals surface area contributed by atoms with E-state index in [2.05, 4.69) is 27.0 Å². The van der Waals surface area contributed by atoms with Crippen molar-refractivity contribution < 1.29 is 28.7 Å². The Morgan fingerprint density at radius 2 is 1.51 bits per heavy atom. The number of carbonyl (C=O) groups excluding carboxylic acids is 4. The molecule has 0 spiro atoms. The number of aromatic nitrogens is 2. The monoisotopic (exact) mass is 694 g/mol. The van der Waals surface area contributed by atoms with Gasteiger partial charge in [-0.1, -0.05) is 84.9 Å². The fraction of sp³-hybridized carbons (Fsp3) is 0.359. The molecule has 2 unspecified atom stereocenters. The van der Waals surface area contributed by atoms with Crippen molar-refractivity contribution in [2.75, 3.05) is 18.5 Å². The van der Waals surface area contributed by atoms with Gasteiger partial charge in [-0.3, -0.25) is 14.4 Å². The van der Waals surface area contributed by atoms with Crippen LogP contribution in [0.2, 0.25) is 0 Å². The van der Waals surface area contributed by atoms with Crippen molar-refractivity contribution in [1.29, 1.82) is 0 Å². The Kier molecular flexibility index (Phi) is 11.6. The molecule has 0 saturated heterocycles. The van der Waals surface area contributed by atoms with Gasteiger partial charge in [0.1, 0.15) is 23.2 Å². The molecular weight excluding hydrogens is 648 g/mol. The van der Waals surface area contributed by atoms with E-state index in [0.29, 0.717) is 13.1 Å². The van der Waals surface area contributed by atoms with Gasteiger partial charge < -0.3 is 34.9 Å². The number of amides is 4. The van der Waals surface area contributed by atoms with Crippen molar-refractivity contribution in [3.05, 3.63) is 120 Å². The Labute approximate surface area is 298 Å². The number of benzene rings is 3. The zero-order valence-corrected chi connectivity index (χ0v) is 29.7. The third-order valence-corrected chi connectivity index (χ3v) is 8.34. The molecule has 0 fully saturated rings. The third-order valence-electron chi connectivity index (χ3n) is 8.34. The van der Waals surface area contributed by atoms with Crippen molar-refractivity contribution in [3.8, 4) is 0 Å². The van der Waals surface area contributed by atoms with Crippen LogP contribution in [0.15, 0.2) is 97.5 Å². The minimum Gasteiger partial charge on any atom is -0.444 e. The van der Waals surface area contributed by atoms with E-state index < -0.39 is 41.1 Å². The van der Waals surface area contributed by atoms with Gasteiger partial charge in [-0.25, -0.2) is 9.78 Å². The normalized spacial score (nSPS) is 14.1. The number of ether oxygens (including phenoxy) is 2. The summed E-state index contributed by atoms with van der Waals surface area (Å²) in [5, 5.41) is 8.06. The van der Waals surface area contributed by atoms with Gasteiger partial charge >= 0.3 is 6.09 Å². The van der Waals surface area contributed by atoms with Crippen molar-refractivity contribution in [1.82, 2.24) is 25.1 Å². The van der Waals surface area contributed by atoms with Crippen LogP contribution in [-0.2, 0) is 43.4 Å². The number of hydrogen-bond acceptors (Lipinski definition) is 7. The molecule has 12 heteroatoms. The van der Waals surface area contributed by atoms with E-state index in [4.69, 9.17) is 9.47 Å². The first-order chi connectivity index (χ1) is 24.3. The number of fused-ring (bicyclic) bond motifs is 1. The second kappa shape index (κ2) is 16.0. The highest BCUT2D eigenvalue weighted by atomic mass is 16.6. The maximum atomic E-state index is 14.1. The Balaban J connectivity index is 1.32. The van der Waals surface area contributed by atoms with Gasteiger partial charge in [0.25, 0.3) is 11.8 Å². The Morgan fingerprint density at radius 3 is 2.20 bits per heavy atom. The van der Waals surface area contributed by atoms with Crippen LogP contribution in [-0.4, -0.2) is 68.6 Å². The van der Waals surface area contributed by atoms with E-state index in [1.807, 2.05) is 83.8 Å². The maximum absolute atomic E-state index is 14.1. The fourth-order valence-electron chi connectivity index (χ4n) is 5.70. The quantitative estimate of drug-likeness (QED) is 0.189. The zero-order valence-electron chi connectivity index (χ0n) is 29.7. The zero-order chi connectivity index (χ0) is 36.6. The molecule has 0 aliphatic carbocycles. The highest BCUT2D eigenvalue weighted by molar-refractivity contribution is 5.98. The Bertz CT molecular complexity index is 1820. The molecule has 0 bridgehead atoms. The summed E-state index contributed by atoms with van der Waals surface area (Å²) in [4.78, 5) is 60.0. The number of hydrogen-bond donors (Lipinski definition) is 3. The van der Waals surface area contributed by atoms with Gasteiger partial charge in [0.15, 0.2) is 5.82 Å². The first-order valence-corrected chi connectivity index (χ1v) is 17.0. The first-order valence-electron chi connectivity index (χ1n) is 17.0. The molecule has 1 aromatic heterocycles. The molecule has 0 saturated carbocycles. The average molecular weight is 695 g/mol. The predicted molar refractivity (Wildman–Crippen MR) is 192 cm³/mol. The third kappa shape index (κ3) is 10.0. The van der Waals surface area contributed by atoms with Gasteiger partial charge in [-0.05, 0) is 63.3 Å². The molecule has 268 valence electrons. The summed E-state index contributed by atoms with van der Waals surface area (Å²) in [5.41, 5.74) is 1.83. The van der Waals surface area contributed by atoms with E-state index in [1.54, 1.807) is 31.5 Å². The van der Waals surface area contributed by atoms with Crippen LogP contribution in [0.25, 0.3) is 0 Å². The van der Waals surface area contributed by atoms with E-state index >= 15 is 0 Å². The Morgan fingerprint density at radius 1 is 0.863 bits per heavy atom. The molecule has 0 radical (unpaired) electrons. The van der Waals surface area contributed by atoms with Crippen LogP contribution in [0.5, 0.6) is 0 Å². The lowest BCUT2D eigenvalue weighted by Crippen LogP contribution is -2.59. The highest BCUT2D eigenvalue weighted by Crippen LogP contribution is 2.26. The number of carbonyl (C=O) groups is 4. The van der Waals surface area contributed by atoms with E-state index in [-0.39, 0.29) is 24.9 Å². The summed E-state index contributed by atoms with van der Waals surface area (Å²) >= 11 is 0. The number of alkyl carbamates (subject to hydrolysis) is 1. The molecule has 51 heavy (non-hydrogen) atoms. The van der Waals surface area contributed by atoms with Crippen molar-refractivity contribution in [3.63, 3.8) is 0 Å². The molecule has 1 aliphatic rings. The summed E-state index contributed by atoms with van der Waals surface area (Å²) in [6, 6.07) is 25.1. The topological polar surface area (TPSA) is 144 Å². The van der Waals surface area contributed by atoms with Gasteiger partial charge in [-0.2, -0.15) is 0 Å². The summed E-state index contributed by atoms with van der Waals surface area (Å²) < 4.78 is 12.9. The van der Waals surface area contributed by atoms with Gasteiger partial charge in [0.05, 0.1) is 19.5 Å². The molecule has 4 aromatic rings. The lowest BCUT2D eigenvalue weighted by Gasteiger charge is -2.32. The number of nitrogens with one attached hydrogen (secondary N) is 3. The first kappa shape index (κ1) is 36.8. The van der Waals surface area contributed by atoms with Gasteiger partial charge in [0.2, 0.25) is 5.91 Å². The van der Waals surface area contributed by atoms with Crippen LogP contribution in [0, 0.1) is 0 Å². The van der Waals surface area contributed by atoms with Gasteiger partial charge in [-0.15, -0.1) is 0 Å². The van der Waals surface area contributed by atoms with E-state index in [0.717, 1.165) is 23.1 Å². The van der Waals surface area contributed by atoms with E-state index in [1.165, 1.54) is 25.7 Å². The van der Waals surface area contributed by atoms with Crippen molar-refractivity contribution in [2.24, 2.45) is 0 Å². The van der Waals surface area contributed by atoms with Crippen LogP contribution in [0.3, 0.4) is 0 Å². The van der Waals surface area contributed by atoms with Crippen molar-refractivity contribution in [2.45, 2.75) is 77.4 Å². The fourth-order valence-corrected chi connectivity index (χ4v) is 5.70. The van der Waals surface area contributed by atoms with Crippen LogP contribution >= 0.6 is 0 Å². The number of rotatable bonds is 12. The molecule has 3 aromatic carbocycles. The summed E-state index contributed by atoms with van der Waals surface area (Å²) in [5.74, 6) is -1.12. The molecule has 2 atom stereocenters. The molecule has 5 rings (SSSR count). The lowest BCUT2D eigenvalue weighted by molar-refractivity contribution is -0.134. The lowest BCUT2D eigenvalue weighted by atomic mass is 9.98. The molecule has 4 amide bonds. The standard InChI is InChI=1S/C39H46N6O6/c1-38(2,3)51-37(49)43-39(4,5)36(48)41-31(25-50-24-27-14-8-6-9-15-27)34(46)42-32-23-45(26-40-32)33(29-17-10-7-11-18-29)35(47)44-21-20-28-16-12-13-19-30(28)22-44/h6-19,23,26,31,33H,20-22,24-25H2,1-5H3,(H,41,48)(H,42,46)(H,43,49). The van der Waals surface area contributed by atoms with Gasteiger partial charge in [0, 0.05) is 19.3 Å². The average Bonchev–Trinajstić information content (AvgIpc) is 3.54. The summed E-state index contributed by atoms with van der Waals surface area (Å²) in [7, 11) is 0. The van der Waals surface area contributed by atoms with Crippen LogP contribution < -0.4 is 16.0 Å². The minimum atomic E-state index is -1.43. The SMILES string of the molecule is CC(C)(C)OC(=O)NC(C)(C)C(=O)NC(COCc1ccccc1)C(=O)Nc1cn(C(C(=O)N2CCc3ccccc3C2)c2ccccc2)cn1. The smallest absolute Gasteiger partial charge is 0.408 e. The number of anilines is 1. The second-order valence-corrected chi connectivity index (χ2v) is 14.1. The summed E-state index contributed by atoms with van der Waals surface area (Å²) in [6.07, 6.45) is 3.10. The number of nitrogens with zero attached hydrogens (tertiary/aromatic N) is 3. The molecule has 3 N–H and O–H groups in total. The maximum Gasteiger partial charge on any atom is 0.408 e. The highest BCUT2D eigenvalue weighted by Gasteiger charge is 2.35. The molecular formula is C39H46N6O6. The van der Waals surface area contributed by atoms with Crippen LogP contribution in [0.4, 0.5) is 10.6 Å². The Hall–Kier alpha value is -5.49. The second-order valence-electron chi connectivity index (χ2n) is 14.1.